The summed E-state index contributed by atoms with van der Waals surface area (Å²) in [7, 11) is 0. The van der Waals surface area contributed by atoms with Crippen LogP contribution in [0.1, 0.15) is 16.8 Å². The molecule has 0 bridgehead atoms. The van der Waals surface area contributed by atoms with Gasteiger partial charge in [0.1, 0.15) is 5.82 Å². The Labute approximate surface area is 129 Å². The van der Waals surface area contributed by atoms with E-state index in [2.05, 4.69) is 46.8 Å². The summed E-state index contributed by atoms with van der Waals surface area (Å²) in [5.74, 6) is 0.688. The zero-order valence-electron chi connectivity index (χ0n) is 11.4. The normalized spacial score (nSPS) is 10.2. The van der Waals surface area contributed by atoms with Gasteiger partial charge in [-0.05, 0) is 43.8 Å². The molecule has 0 aliphatic carbocycles. The smallest absolute Gasteiger partial charge is 0.172 e. The van der Waals surface area contributed by atoms with Crippen LogP contribution < -0.4 is 10.6 Å². The van der Waals surface area contributed by atoms with E-state index in [4.69, 9.17) is 23.8 Å². The summed E-state index contributed by atoms with van der Waals surface area (Å²) in [5.41, 5.74) is 3.20. The average Bonchev–Trinajstić information content (AvgIpc) is 2.42. The number of nitrogens with zero attached hydrogens (tertiary/aromatic N) is 1. The topological polar surface area (TPSA) is 37.0 Å². The quantitative estimate of drug-likeness (QED) is 0.845. The third kappa shape index (κ3) is 4.18. The standard InChI is InChI=1S/C15H16ClN3S/c1-10-3-5-12(6-4-10)9-17-15(20)19-14-8-7-13(16)11(2)18-14/h3-8H,9H2,1-2H3,(H2,17,18,19,20). The molecule has 0 saturated heterocycles. The number of aryl methyl sites for hydroxylation is 2. The van der Waals surface area contributed by atoms with Gasteiger partial charge in [-0.1, -0.05) is 41.4 Å². The van der Waals surface area contributed by atoms with E-state index in [0.717, 1.165) is 5.69 Å². The second kappa shape index (κ2) is 6.68. The van der Waals surface area contributed by atoms with E-state index in [1.165, 1.54) is 11.1 Å². The summed E-state index contributed by atoms with van der Waals surface area (Å²) >= 11 is 11.2. The van der Waals surface area contributed by atoms with Gasteiger partial charge in [-0.25, -0.2) is 4.98 Å². The monoisotopic (exact) mass is 305 g/mol. The molecule has 0 unspecified atom stereocenters. The van der Waals surface area contributed by atoms with Crippen molar-refractivity contribution < 1.29 is 0 Å². The third-order valence-electron chi connectivity index (χ3n) is 2.84. The van der Waals surface area contributed by atoms with E-state index >= 15 is 0 Å². The Morgan fingerprint density at radius 2 is 1.85 bits per heavy atom. The lowest BCUT2D eigenvalue weighted by atomic mass is 10.1. The molecule has 0 saturated carbocycles. The second-order valence-electron chi connectivity index (χ2n) is 4.56. The number of pyridine rings is 1. The Hall–Kier alpha value is -1.65. The van der Waals surface area contributed by atoms with Crippen molar-refractivity contribution in [2.75, 3.05) is 5.32 Å². The molecule has 2 aromatic rings. The summed E-state index contributed by atoms with van der Waals surface area (Å²) in [6.45, 7) is 4.60. The first-order valence-electron chi connectivity index (χ1n) is 6.28. The molecule has 20 heavy (non-hydrogen) atoms. The molecule has 0 aliphatic rings. The van der Waals surface area contributed by atoms with Crippen LogP contribution in [0.2, 0.25) is 5.02 Å². The number of thiocarbonyl (C=S) groups is 1. The zero-order valence-corrected chi connectivity index (χ0v) is 13.0. The maximum atomic E-state index is 5.93. The molecule has 1 heterocycles. The average molecular weight is 306 g/mol. The van der Waals surface area contributed by atoms with Gasteiger partial charge < -0.3 is 10.6 Å². The SMILES string of the molecule is Cc1ccc(CNC(=S)Nc2ccc(Cl)c(C)n2)cc1. The van der Waals surface area contributed by atoms with Gasteiger partial charge in [-0.15, -0.1) is 0 Å². The van der Waals surface area contributed by atoms with Gasteiger partial charge in [0.2, 0.25) is 0 Å². The van der Waals surface area contributed by atoms with E-state index < -0.39 is 0 Å². The zero-order chi connectivity index (χ0) is 14.5. The van der Waals surface area contributed by atoms with Gasteiger partial charge >= 0.3 is 0 Å². The highest BCUT2D eigenvalue weighted by Gasteiger charge is 2.02. The molecule has 3 nitrogen and oxygen atoms in total. The Balaban J connectivity index is 1.89. The Morgan fingerprint density at radius 1 is 1.15 bits per heavy atom. The molecule has 104 valence electrons. The van der Waals surface area contributed by atoms with Crippen LogP contribution in [0.15, 0.2) is 36.4 Å². The fraction of sp³-hybridized carbons (Fsp3) is 0.200. The van der Waals surface area contributed by atoms with Gasteiger partial charge in [0.25, 0.3) is 0 Å². The molecular weight excluding hydrogens is 290 g/mol. The molecule has 2 N–H and O–H groups in total. The molecule has 0 aliphatic heterocycles. The number of hydrogen-bond donors (Lipinski definition) is 2. The van der Waals surface area contributed by atoms with Crippen molar-refractivity contribution >= 4 is 34.7 Å². The van der Waals surface area contributed by atoms with Crippen molar-refractivity contribution in [1.82, 2.24) is 10.3 Å². The van der Waals surface area contributed by atoms with Gasteiger partial charge in [0, 0.05) is 6.54 Å². The van der Waals surface area contributed by atoms with Crippen molar-refractivity contribution in [3.05, 3.63) is 58.2 Å². The number of rotatable bonds is 3. The minimum atomic E-state index is 0.541. The summed E-state index contributed by atoms with van der Waals surface area (Å²) in [6.07, 6.45) is 0. The van der Waals surface area contributed by atoms with E-state index in [0.29, 0.717) is 22.5 Å². The highest BCUT2D eigenvalue weighted by Crippen LogP contribution is 2.15. The molecule has 0 atom stereocenters. The maximum absolute atomic E-state index is 5.93. The Morgan fingerprint density at radius 3 is 2.50 bits per heavy atom. The number of aromatic nitrogens is 1. The van der Waals surface area contributed by atoms with Crippen LogP contribution in [0.25, 0.3) is 0 Å². The molecule has 1 aromatic heterocycles. The number of anilines is 1. The van der Waals surface area contributed by atoms with Crippen molar-refractivity contribution in [2.24, 2.45) is 0 Å². The molecular formula is C15H16ClN3S. The lowest BCUT2D eigenvalue weighted by Gasteiger charge is -2.11. The van der Waals surface area contributed by atoms with Crippen LogP contribution in [-0.2, 0) is 6.54 Å². The summed E-state index contributed by atoms with van der Waals surface area (Å²) in [4.78, 5) is 4.31. The molecule has 0 radical (unpaired) electrons. The first-order chi connectivity index (χ1) is 9.54. The molecule has 1 aromatic carbocycles. The maximum Gasteiger partial charge on any atom is 0.172 e. The first kappa shape index (κ1) is 14.8. The van der Waals surface area contributed by atoms with Crippen molar-refractivity contribution in [3.8, 4) is 0 Å². The van der Waals surface area contributed by atoms with Gasteiger partial charge in [0.15, 0.2) is 5.11 Å². The largest absolute Gasteiger partial charge is 0.358 e. The van der Waals surface area contributed by atoms with E-state index in [9.17, 15) is 0 Å². The minimum absolute atomic E-state index is 0.541. The van der Waals surface area contributed by atoms with Crippen LogP contribution in [0, 0.1) is 13.8 Å². The highest BCUT2D eigenvalue weighted by atomic mass is 35.5. The predicted molar refractivity (Wildman–Crippen MR) is 88.2 cm³/mol. The number of halogens is 1. The summed E-state index contributed by atoms with van der Waals surface area (Å²) in [6, 6.07) is 11.9. The van der Waals surface area contributed by atoms with Gasteiger partial charge in [0.05, 0.1) is 10.7 Å². The van der Waals surface area contributed by atoms with Crippen molar-refractivity contribution in [2.45, 2.75) is 20.4 Å². The second-order valence-corrected chi connectivity index (χ2v) is 5.37. The molecule has 5 heteroatoms. The van der Waals surface area contributed by atoms with Crippen molar-refractivity contribution in [1.29, 1.82) is 0 Å². The predicted octanol–water partition coefficient (Wildman–Crippen LogP) is 3.84. The van der Waals surface area contributed by atoms with Crippen LogP contribution in [0.4, 0.5) is 5.82 Å². The number of nitrogens with one attached hydrogen (secondary N) is 2. The molecule has 0 amide bonds. The fourth-order valence-electron chi connectivity index (χ4n) is 1.66. The molecule has 0 spiro atoms. The van der Waals surface area contributed by atoms with E-state index in [1.807, 2.05) is 6.92 Å². The van der Waals surface area contributed by atoms with Crippen LogP contribution in [-0.4, -0.2) is 10.1 Å². The summed E-state index contributed by atoms with van der Waals surface area (Å²) in [5, 5.41) is 7.38. The fourth-order valence-corrected chi connectivity index (χ4v) is 1.94. The lowest BCUT2D eigenvalue weighted by Crippen LogP contribution is -2.28. The lowest BCUT2D eigenvalue weighted by molar-refractivity contribution is 0.924. The van der Waals surface area contributed by atoms with Gasteiger partial charge in [-0.3, -0.25) is 0 Å². The Bertz CT molecular complexity index is 611. The Kier molecular flexibility index (Phi) is 4.93. The van der Waals surface area contributed by atoms with E-state index in [-0.39, 0.29) is 0 Å². The van der Waals surface area contributed by atoms with Crippen LogP contribution in [0.5, 0.6) is 0 Å². The van der Waals surface area contributed by atoms with Crippen LogP contribution >= 0.6 is 23.8 Å². The van der Waals surface area contributed by atoms with Gasteiger partial charge in [-0.2, -0.15) is 0 Å². The number of benzene rings is 1. The third-order valence-corrected chi connectivity index (χ3v) is 3.48. The van der Waals surface area contributed by atoms with E-state index in [1.54, 1.807) is 12.1 Å². The summed E-state index contributed by atoms with van der Waals surface area (Å²) < 4.78 is 0. The highest BCUT2D eigenvalue weighted by molar-refractivity contribution is 7.80. The molecule has 0 fully saturated rings. The minimum Gasteiger partial charge on any atom is -0.358 e. The van der Waals surface area contributed by atoms with Crippen LogP contribution in [0.3, 0.4) is 0 Å². The number of hydrogen-bond acceptors (Lipinski definition) is 2. The molecule has 2 rings (SSSR count). The first-order valence-corrected chi connectivity index (χ1v) is 7.07. The van der Waals surface area contributed by atoms with Crippen molar-refractivity contribution in [3.63, 3.8) is 0 Å².